The van der Waals surface area contributed by atoms with Crippen LogP contribution in [0.4, 0.5) is 0 Å². The second kappa shape index (κ2) is 4.73. The molecule has 1 aliphatic rings. The molecule has 3 rings (SSSR count). The zero-order chi connectivity index (χ0) is 13.3. The van der Waals surface area contributed by atoms with Gasteiger partial charge in [-0.25, -0.2) is 4.68 Å². The second-order valence-corrected chi connectivity index (χ2v) is 5.74. The van der Waals surface area contributed by atoms with Crippen molar-refractivity contribution < 1.29 is 9.90 Å². The van der Waals surface area contributed by atoms with E-state index >= 15 is 0 Å². The molecule has 1 saturated carbocycles. The molecule has 0 bridgehead atoms. The molecule has 0 saturated heterocycles. The summed E-state index contributed by atoms with van der Waals surface area (Å²) in [5.41, 5.74) is 0.230. The molecule has 0 atom stereocenters. The number of rotatable bonds is 4. The Balaban J connectivity index is 1.92. The van der Waals surface area contributed by atoms with Gasteiger partial charge in [0.1, 0.15) is 0 Å². The van der Waals surface area contributed by atoms with Crippen molar-refractivity contribution in [2.45, 2.75) is 32.2 Å². The molecule has 2 aromatic rings. The predicted octanol–water partition coefficient (Wildman–Crippen LogP) is 2.05. The van der Waals surface area contributed by atoms with Crippen LogP contribution in [-0.2, 0) is 11.3 Å². The maximum atomic E-state index is 11.6. The number of tetrazole rings is 1. The maximum absolute atomic E-state index is 11.6. The topological polar surface area (TPSA) is 80.9 Å². The van der Waals surface area contributed by atoms with Crippen molar-refractivity contribution in [3.8, 4) is 11.4 Å². The fourth-order valence-electron chi connectivity index (χ4n) is 2.69. The summed E-state index contributed by atoms with van der Waals surface area (Å²) in [6.45, 7) is 0.348. The third-order valence-corrected chi connectivity index (χ3v) is 4.46. The average molecular weight is 278 g/mol. The van der Waals surface area contributed by atoms with Gasteiger partial charge in [-0.15, -0.1) is 5.10 Å². The number of nitrogens with zero attached hydrogens (tertiary/aromatic N) is 4. The molecule has 1 fully saturated rings. The molecule has 0 aliphatic heterocycles. The van der Waals surface area contributed by atoms with Crippen molar-refractivity contribution in [2.75, 3.05) is 0 Å². The van der Waals surface area contributed by atoms with Gasteiger partial charge in [-0.1, -0.05) is 12.8 Å². The first-order valence-corrected chi connectivity index (χ1v) is 7.18. The Hall–Kier alpha value is -1.76. The van der Waals surface area contributed by atoms with Gasteiger partial charge in [0.2, 0.25) is 0 Å². The Kier molecular flexibility index (Phi) is 3.06. The fraction of sp³-hybridized carbons (Fsp3) is 0.500. The number of aromatic nitrogens is 4. The van der Waals surface area contributed by atoms with Crippen LogP contribution < -0.4 is 0 Å². The Labute approximate surface area is 114 Å². The lowest BCUT2D eigenvalue weighted by Crippen LogP contribution is -2.33. The Bertz CT molecular complexity index is 572. The highest BCUT2D eigenvalue weighted by atomic mass is 32.1. The van der Waals surface area contributed by atoms with Crippen LogP contribution in [0, 0.1) is 5.41 Å². The van der Waals surface area contributed by atoms with Crippen LogP contribution in [0.3, 0.4) is 0 Å². The standard InChI is InChI=1S/C12H14N4O2S/c17-11(18)12(4-1-2-5-12)8-16-10(13-14-15-16)9-3-6-19-7-9/h3,6-7H,1-2,4-5,8H2,(H,17,18). The van der Waals surface area contributed by atoms with Crippen LogP contribution in [0.2, 0.25) is 0 Å². The van der Waals surface area contributed by atoms with Crippen molar-refractivity contribution in [2.24, 2.45) is 5.41 Å². The molecule has 0 aromatic carbocycles. The molecule has 6 nitrogen and oxygen atoms in total. The van der Waals surface area contributed by atoms with Crippen LogP contribution >= 0.6 is 11.3 Å². The highest BCUT2D eigenvalue weighted by Crippen LogP contribution is 2.40. The molecular weight excluding hydrogens is 264 g/mol. The summed E-state index contributed by atoms with van der Waals surface area (Å²) in [4.78, 5) is 11.6. The molecule has 0 spiro atoms. The summed E-state index contributed by atoms with van der Waals surface area (Å²) in [5, 5.41) is 25.1. The Morgan fingerprint density at radius 1 is 1.47 bits per heavy atom. The minimum Gasteiger partial charge on any atom is -0.481 e. The van der Waals surface area contributed by atoms with Crippen LogP contribution in [0.5, 0.6) is 0 Å². The molecule has 1 N–H and O–H groups in total. The van der Waals surface area contributed by atoms with E-state index in [4.69, 9.17) is 0 Å². The largest absolute Gasteiger partial charge is 0.481 e. The quantitative estimate of drug-likeness (QED) is 0.925. The van der Waals surface area contributed by atoms with Gasteiger partial charge in [-0.05, 0) is 34.7 Å². The van der Waals surface area contributed by atoms with Crippen molar-refractivity contribution in [1.82, 2.24) is 20.2 Å². The van der Waals surface area contributed by atoms with Crippen molar-refractivity contribution in [3.05, 3.63) is 16.8 Å². The van der Waals surface area contributed by atoms with Gasteiger partial charge in [-0.2, -0.15) is 11.3 Å². The van der Waals surface area contributed by atoms with E-state index in [0.29, 0.717) is 25.2 Å². The minimum atomic E-state index is -0.739. The maximum Gasteiger partial charge on any atom is 0.311 e. The molecule has 2 aromatic heterocycles. The highest BCUT2D eigenvalue weighted by Gasteiger charge is 2.42. The first kappa shape index (κ1) is 12.3. The lowest BCUT2D eigenvalue weighted by molar-refractivity contribution is -0.149. The molecule has 0 radical (unpaired) electrons. The molecular formula is C12H14N4O2S. The summed E-state index contributed by atoms with van der Waals surface area (Å²) in [6, 6.07) is 1.94. The summed E-state index contributed by atoms with van der Waals surface area (Å²) in [7, 11) is 0. The van der Waals surface area contributed by atoms with Gasteiger partial charge in [0.05, 0.1) is 12.0 Å². The van der Waals surface area contributed by atoms with Gasteiger partial charge >= 0.3 is 5.97 Å². The van der Waals surface area contributed by atoms with Gasteiger partial charge in [0.15, 0.2) is 5.82 Å². The number of carboxylic acid groups (broad SMARTS) is 1. The third-order valence-electron chi connectivity index (χ3n) is 3.78. The number of thiophene rings is 1. The number of hydrogen-bond donors (Lipinski definition) is 1. The number of carbonyl (C=O) groups is 1. The lowest BCUT2D eigenvalue weighted by atomic mass is 9.86. The van der Waals surface area contributed by atoms with Gasteiger partial charge in [0, 0.05) is 10.9 Å². The van der Waals surface area contributed by atoms with Crippen molar-refractivity contribution in [3.63, 3.8) is 0 Å². The van der Waals surface area contributed by atoms with E-state index in [1.807, 2.05) is 16.8 Å². The molecule has 0 amide bonds. The molecule has 0 unspecified atom stereocenters. The van der Waals surface area contributed by atoms with E-state index in [0.717, 1.165) is 18.4 Å². The molecule has 7 heteroatoms. The van der Waals surface area contributed by atoms with Crippen molar-refractivity contribution in [1.29, 1.82) is 0 Å². The normalized spacial score (nSPS) is 17.7. The summed E-state index contributed by atoms with van der Waals surface area (Å²) >= 11 is 1.57. The number of aliphatic carboxylic acids is 1. The van der Waals surface area contributed by atoms with E-state index in [-0.39, 0.29) is 0 Å². The van der Waals surface area contributed by atoms with Crippen LogP contribution in [0.15, 0.2) is 16.8 Å². The molecule has 100 valence electrons. The van der Waals surface area contributed by atoms with E-state index < -0.39 is 11.4 Å². The lowest BCUT2D eigenvalue weighted by Gasteiger charge is -2.23. The smallest absolute Gasteiger partial charge is 0.311 e. The van der Waals surface area contributed by atoms with Crippen LogP contribution in [0.25, 0.3) is 11.4 Å². The first-order chi connectivity index (χ1) is 9.21. The van der Waals surface area contributed by atoms with Crippen LogP contribution in [-0.4, -0.2) is 31.3 Å². The first-order valence-electron chi connectivity index (χ1n) is 6.23. The molecule has 1 aliphatic carbocycles. The zero-order valence-corrected chi connectivity index (χ0v) is 11.1. The molecule has 19 heavy (non-hydrogen) atoms. The summed E-state index contributed by atoms with van der Waals surface area (Å²) in [6.07, 6.45) is 3.32. The summed E-state index contributed by atoms with van der Waals surface area (Å²) < 4.78 is 1.63. The van der Waals surface area contributed by atoms with E-state index in [1.165, 1.54) is 0 Å². The minimum absolute atomic E-state index is 0.348. The SMILES string of the molecule is O=C(O)C1(Cn2nnnc2-c2ccsc2)CCCC1. The fourth-order valence-corrected chi connectivity index (χ4v) is 3.32. The van der Waals surface area contributed by atoms with Crippen molar-refractivity contribution >= 4 is 17.3 Å². The van der Waals surface area contributed by atoms with Gasteiger partial charge in [0.25, 0.3) is 0 Å². The number of carboxylic acids is 1. The van der Waals surface area contributed by atoms with Gasteiger partial charge in [-0.3, -0.25) is 4.79 Å². The van der Waals surface area contributed by atoms with E-state index in [9.17, 15) is 9.90 Å². The Morgan fingerprint density at radius 3 is 2.89 bits per heavy atom. The van der Waals surface area contributed by atoms with E-state index in [1.54, 1.807) is 16.0 Å². The zero-order valence-electron chi connectivity index (χ0n) is 10.3. The molecule has 2 heterocycles. The highest BCUT2D eigenvalue weighted by molar-refractivity contribution is 7.08. The monoisotopic (exact) mass is 278 g/mol. The average Bonchev–Trinajstić information content (AvgIpc) is 3.09. The second-order valence-electron chi connectivity index (χ2n) is 4.96. The predicted molar refractivity (Wildman–Crippen MR) is 69.7 cm³/mol. The van der Waals surface area contributed by atoms with Gasteiger partial charge < -0.3 is 5.11 Å². The van der Waals surface area contributed by atoms with Crippen LogP contribution in [0.1, 0.15) is 25.7 Å². The third kappa shape index (κ3) is 2.14. The summed E-state index contributed by atoms with van der Waals surface area (Å²) in [5.74, 6) is -0.0921. The Morgan fingerprint density at radius 2 is 2.26 bits per heavy atom. The van der Waals surface area contributed by atoms with E-state index in [2.05, 4.69) is 15.5 Å². The number of hydrogen-bond acceptors (Lipinski definition) is 5.